The van der Waals surface area contributed by atoms with Crippen LogP contribution in [0.5, 0.6) is 5.75 Å². The van der Waals surface area contributed by atoms with Crippen LogP contribution in [0.25, 0.3) is 0 Å². The minimum absolute atomic E-state index is 0.836. The minimum atomic E-state index is 0.836. The van der Waals surface area contributed by atoms with Crippen molar-refractivity contribution in [2.24, 2.45) is 0 Å². The first-order valence-corrected chi connectivity index (χ1v) is 5.46. The molecule has 0 fully saturated rings. The highest BCUT2D eigenvalue weighted by Crippen LogP contribution is 2.25. The second kappa shape index (κ2) is 4.99. The molecule has 1 heterocycles. The van der Waals surface area contributed by atoms with Gasteiger partial charge in [0.1, 0.15) is 5.75 Å². The number of nitrogens with one attached hydrogen (secondary N) is 1. The second-order valence-corrected chi connectivity index (χ2v) is 3.79. The third-order valence-corrected chi connectivity index (χ3v) is 2.61. The van der Waals surface area contributed by atoms with E-state index in [1.54, 1.807) is 0 Å². The third-order valence-electron chi connectivity index (χ3n) is 2.61. The van der Waals surface area contributed by atoms with E-state index in [0.717, 1.165) is 38.3 Å². The number of ether oxygens (including phenoxy) is 1. The van der Waals surface area contributed by atoms with Gasteiger partial charge in [-0.2, -0.15) is 0 Å². The van der Waals surface area contributed by atoms with Crippen molar-refractivity contribution < 1.29 is 4.74 Å². The van der Waals surface area contributed by atoms with Crippen LogP contribution in [0.1, 0.15) is 17.5 Å². The summed E-state index contributed by atoms with van der Waals surface area (Å²) >= 11 is 0. The second-order valence-electron chi connectivity index (χ2n) is 3.79. The van der Waals surface area contributed by atoms with Crippen molar-refractivity contribution in [3.63, 3.8) is 0 Å². The average molecular weight is 203 g/mol. The summed E-state index contributed by atoms with van der Waals surface area (Å²) in [7, 11) is 0. The molecule has 2 heteroatoms. The molecule has 0 spiro atoms. The van der Waals surface area contributed by atoms with Gasteiger partial charge in [-0.1, -0.05) is 18.2 Å². The summed E-state index contributed by atoms with van der Waals surface area (Å²) in [6.45, 7) is 6.46. The van der Waals surface area contributed by atoms with Gasteiger partial charge in [0, 0.05) is 13.0 Å². The van der Waals surface area contributed by atoms with Gasteiger partial charge in [-0.05, 0) is 30.2 Å². The van der Waals surface area contributed by atoms with Gasteiger partial charge < -0.3 is 10.1 Å². The Morgan fingerprint density at radius 3 is 3.27 bits per heavy atom. The summed E-state index contributed by atoms with van der Waals surface area (Å²) < 4.78 is 5.46. The number of hydrogen-bond acceptors (Lipinski definition) is 2. The van der Waals surface area contributed by atoms with Crippen LogP contribution in [0.3, 0.4) is 0 Å². The van der Waals surface area contributed by atoms with E-state index >= 15 is 0 Å². The maximum Gasteiger partial charge on any atom is 0.122 e. The van der Waals surface area contributed by atoms with E-state index in [4.69, 9.17) is 4.74 Å². The van der Waals surface area contributed by atoms with E-state index in [1.807, 2.05) is 6.08 Å². The first kappa shape index (κ1) is 10.2. The number of hydrogen-bond donors (Lipinski definition) is 1. The zero-order valence-corrected chi connectivity index (χ0v) is 8.96. The van der Waals surface area contributed by atoms with Crippen molar-refractivity contribution in [1.29, 1.82) is 0 Å². The van der Waals surface area contributed by atoms with Crippen molar-refractivity contribution in [2.45, 2.75) is 19.4 Å². The zero-order valence-electron chi connectivity index (χ0n) is 8.96. The van der Waals surface area contributed by atoms with Crippen LogP contribution in [0.4, 0.5) is 0 Å². The average Bonchev–Trinajstić information content (AvgIpc) is 2.71. The molecule has 80 valence electrons. The standard InChI is InChI=1S/C13H17NO/c1-2-3-7-14-10-11-4-5-13-12(9-11)6-8-15-13/h2,4-5,9,14H,1,3,6-8,10H2. The maximum absolute atomic E-state index is 5.46. The molecular weight excluding hydrogens is 186 g/mol. The molecule has 0 saturated heterocycles. The number of rotatable bonds is 5. The molecule has 1 aliphatic rings. The lowest BCUT2D eigenvalue weighted by Crippen LogP contribution is -2.13. The van der Waals surface area contributed by atoms with Crippen molar-refractivity contribution >= 4 is 0 Å². The Kier molecular flexibility index (Phi) is 3.41. The molecule has 0 aromatic heterocycles. The van der Waals surface area contributed by atoms with Gasteiger partial charge in [0.05, 0.1) is 6.61 Å². The molecule has 1 N–H and O–H groups in total. The van der Waals surface area contributed by atoms with E-state index in [2.05, 4.69) is 30.1 Å². The van der Waals surface area contributed by atoms with Gasteiger partial charge in [-0.15, -0.1) is 6.58 Å². The summed E-state index contributed by atoms with van der Waals surface area (Å²) in [5, 5.41) is 3.38. The summed E-state index contributed by atoms with van der Waals surface area (Å²) in [5.41, 5.74) is 2.68. The van der Waals surface area contributed by atoms with Gasteiger partial charge in [0.25, 0.3) is 0 Å². The Labute approximate surface area is 91.0 Å². The van der Waals surface area contributed by atoms with E-state index in [0.29, 0.717) is 0 Å². The number of fused-ring (bicyclic) bond motifs is 1. The van der Waals surface area contributed by atoms with Crippen molar-refractivity contribution in [2.75, 3.05) is 13.2 Å². The first-order chi connectivity index (χ1) is 7.40. The van der Waals surface area contributed by atoms with Crippen molar-refractivity contribution in [3.05, 3.63) is 42.0 Å². The first-order valence-electron chi connectivity index (χ1n) is 5.46. The Bertz CT molecular complexity index is 346. The Morgan fingerprint density at radius 2 is 2.40 bits per heavy atom. The molecule has 1 aromatic rings. The molecule has 1 aromatic carbocycles. The summed E-state index contributed by atoms with van der Waals surface area (Å²) in [6, 6.07) is 6.45. The van der Waals surface area contributed by atoms with Crippen LogP contribution in [0.2, 0.25) is 0 Å². The van der Waals surface area contributed by atoms with Gasteiger partial charge >= 0.3 is 0 Å². The molecule has 0 radical (unpaired) electrons. The molecule has 0 amide bonds. The monoisotopic (exact) mass is 203 g/mol. The lowest BCUT2D eigenvalue weighted by atomic mass is 10.1. The van der Waals surface area contributed by atoms with Crippen LogP contribution in [-0.2, 0) is 13.0 Å². The highest BCUT2D eigenvalue weighted by atomic mass is 16.5. The largest absolute Gasteiger partial charge is 0.493 e. The van der Waals surface area contributed by atoms with Crippen LogP contribution < -0.4 is 10.1 Å². The predicted molar refractivity (Wildman–Crippen MR) is 62.2 cm³/mol. The quantitative estimate of drug-likeness (QED) is 0.585. The van der Waals surface area contributed by atoms with E-state index < -0.39 is 0 Å². The van der Waals surface area contributed by atoms with Crippen LogP contribution in [0, 0.1) is 0 Å². The molecular formula is C13H17NO. The highest BCUT2D eigenvalue weighted by Gasteiger charge is 2.11. The van der Waals surface area contributed by atoms with Crippen LogP contribution >= 0.6 is 0 Å². The molecule has 0 atom stereocenters. The summed E-state index contributed by atoms with van der Waals surface area (Å²) in [5.74, 6) is 1.06. The zero-order chi connectivity index (χ0) is 10.5. The Morgan fingerprint density at radius 1 is 1.47 bits per heavy atom. The predicted octanol–water partition coefficient (Wildman–Crippen LogP) is 2.29. The fourth-order valence-corrected chi connectivity index (χ4v) is 1.79. The maximum atomic E-state index is 5.46. The van der Waals surface area contributed by atoms with Crippen LogP contribution in [0.15, 0.2) is 30.9 Å². The van der Waals surface area contributed by atoms with E-state index in [-0.39, 0.29) is 0 Å². The highest BCUT2D eigenvalue weighted by molar-refractivity contribution is 5.39. The fourth-order valence-electron chi connectivity index (χ4n) is 1.79. The molecule has 0 unspecified atom stereocenters. The van der Waals surface area contributed by atoms with Gasteiger partial charge in [0.2, 0.25) is 0 Å². The molecule has 2 nitrogen and oxygen atoms in total. The molecule has 0 aliphatic carbocycles. The molecule has 15 heavy (non-hydrogen) atoms. The topological polar surface area (TPSA) is 21.3 Å². The molecule has 1 aliphatic heterocycles. The SMILES string of the molecule is C=CCCNCc1ccc2c(c1)CCO2. The van der Waals surface area contributed by atoms with E-state index in [1.165, 1.54) is 11.1 Å². The van der Waals surface area contributed by atoms with Gasteiger partial charge in [-0.25, -0.2) is 0 Å². The van der Waals surface area contributed by atoms with Crippen LogP contribution in [-0.4, -0.2) is 13.2 Å². The molecule has 0 saturated carbocycles. The fraction of sp³-hybridized carbons (Fsp3) is 0.385. The van der Waals surface area contributed by atoms with Gasteiger partial charge in [0.15, 0.2) is 0 Å². The Hall–Kier alpha value is -1.28. The third kappa shape index (κ3) is 2.60. The summed E-state index contributed by atoms with van der Waals surface area (Å²) in [4.78, 5) is 0. The molecule has 2 rings (SSSR count). The summed E-state index contributed by atoms with van der Waals surface area (Å²) in [6.07, 6.45) is 4.01. The lowest BCUT2D eigenvalue weighted by molar-refractivity contribution is 0.357. The lowest BCUT2D eigenvalue weighted by Gasteiger charge is -2.05. The van der Waals surface area contributed by atoms with Gasteiger partial charge in [-0.3, -0.25) is 0 Å². The van der Waals surface area contributed by atoms with Crippen molar-refractivity contribution in [1.82, 2.24) is 5.32 Å². The normalized spacial score (nSPS) is 13.3. The smallest absolute Gasteiger partial charge is 0.122 e. The minimum Gasteiger partial charge on any atom is -0.493 e. The van der Waals surface area contributed by atoms with Crippen molar-refractivity contribution in [3.8, 4) is 5.75 Å². The van der Waals surface area contributed by atoms with E-state index in [9.17, 15) is 0 Å². The Balaban J connectivity index is 1.89. The number of benzene rings is 1. The molecule has 0 bridgehead atoms.